The maximum Gasteiger partial charge on any atom is 0.227 e. The largest absolute Gasteiger partial charge is 0.435 e. The number of oxazole rings is 1. The Morgan fingerprint density at radius 1 is 0.357 bits per heavy atom. The number of hydrogen-bond acceptors (Lipinski definition) is 6. The van der Waals surface area contributed by atoms with E-state index in [2.05, 4.69) is 133 Å². The molecule has 0 bridgehead atoms. The quantitative estimate of drug-likeness (QED) is 0.170. The second-order valence-electron chi connectivity index (χ2n) is 13.8. The monoisotopic (exact) mass is 734 g/mol. The van der Waals surface area contributed by atoms with Crippen molar-refractivity contribution in [1.29, 1.82) is 0 Å². The fourth-order valence-corrected chi connectivity index (χ4v) is 8.65. The highest BCUT2D eigenvalue weighted by atomic mass is 32.1. The van der Waals surface area contributed by atoms with Gasteiger partial charge in [-0.2, -0.15) is 0 Å². The van der Waals surface area contributed by atoms with Crippen molar-refractivity contribution >= 4 is 53.4 Å². The molecule has 56 heavy (non-hydrogen) atoms. The maximum atomic E-state index is 6.57. The summed E-state index contributed by atoms with van der Waals surface area (Å²) in [7, 11) is 0. The van der Waals surface area contributed by atoms with Gasteiger partial charge < -0.3 is 4.42 Å². The summed E-state index contributed by atoms with van der Waals surface area (Å²) in [6, 6.07) is 62.9. The van der Waals surface area contributed by atoms with E-state index in [4.69, 9.17) is 24.4 Å². The zero-order chi connectivity index (χ0) is 37.0. The number of benzene rings is 8. The Kier molecular flexibility index (Phi) is 7.60. The minimum atomic E-state index is 0.613. The topological polar surface area (TPSA) is 64.7 Å². The Hall–Kier alpha value is -7.28. The Morgan fingerprint density at radius 3 is 1.41 bits per heavy atom. The first kappa shape index (κ1) is 32.2. The van der Waals surface area contributed by atoms with Crippen LogP contribution in [0.1, 0.15) is 0 Å². The summed E-state index contributed by atoms with van der Waals surface area (Å²) in [4.78, 5) is 20.3. The molecule has 3 aromatic heterocycles. The molecule has 0 fully saturated rings. The summed E-state index contributed by atoms with van der Waals surface area (Å²) in [5, 5.41) is 4.44. The summed E-state index contributed by atoms with van der Waals surface area (Å²) in [6.07, 6.45) is 0. The molecule has 0 aliphatic rings. The molecule has 3 heterocycles. The van der Waals surface area contributed by atoms with Gasteiger partial charge >= 0.3 is 0 Å². The van der Waals surface area contributed by atoms with Gasteiger partial charge in [0.2, 0.25) is 5.89 Å². The normalized spacial score (nSPS) is 11.6. The van der Waals surface area contributed by atoms with Gasteiger partial charge in [0.05, 0.1) is 0 Å². The molecule has 0 radical (unpaired) electrons. The van der Waals surface area contributed by atoms with Crippen LogP contribution in [0.25, 0.3) is 110 Å². The highest BCUT2D eigenvalue weighted by Gasteiger charge is 2.19. The van der Waals surface area contributed by atoms with Crippen LogP contribution in [0.3, 0.4) is 0 Å². The average Bonchev–Trinajstić information content (AvgIpc) is 3.89. The van der Waals surface area contributed by atoms with Crippen LogP contribution in [0.2, 0.25) is 0 Å². The van der Waals surface area contributed by atoms with Gasteiger partial charge in [-0.15, -0.1) is 11.3 Å². The number of thiophene rings is 1. The van der Waals surface area contributed by atoms with E-state index >= 15 is 0 Å². The number of nitrogens with zero attached hydrogens (tertiary/aromatic N) is 4. The lowest BCUT2D eigenvalue weighted by Gasteiger charge is -2.10. The van der Waals surface area contributed by atoms with Crippen molar-refractivity contribution in [1.82, 2.24) is 19.9 Å². The highest BCUT2D eigenvalue weighted by molar-refractivity contribution is 7.26. The third-order valence-electron chi connectivity index (χ3n) is 10.4. The molecule has 0 atom stereocenters. The Morgan fingerprint density at radius 2 is 0.821 bits per heavy atom. The molecule has 5 nitrogen and oxygen atoms in total. The Labute approximate surface area is 326 Å². The molecule has 0 saturated heterocycles. The zero-order valence-electron chi connectivity index (χ0n) is 29.9. The van der Waals surface area contributed by atoms with E-state index < -0.39 is 0 Å². The van der Waals surface area contributed by atoms with Gasteiger partial charge in [0.15, 0.2) is 23.1 Å². The van der Waals surface area contributed by atoms with Gasteiger partial charge in [-0.25, -0.2) is 19.9 Å². The predicted octanol–water partition coefficient (Wildman–Crippen LogP) is 13.5. The second-order valence-corrected chi connectivity index (χ2v) is 14.9. The highest BCUT2D eigenvalue weighted by Crippen LogP contribution is 2.43. The standard InChI is InChI=1S/C50H30N4OS/c1-4-10-31(11-5-1)33-16-20-36(21-17-33)47-52-48(37-22-18-34(19-23-37)32-12-6-2-7-13-32)54-49(53-47)39-26-28-42-40(30-39)45-43(56-42)29-25-35-24-27-41-46(44(35)45)55-50(51-41)38-14-8-3-9-15-38/h1-30H. The smallest absolute Gasteiger partial charge is 0.227 e. The molecule has 0 aliphatic carbocycles. The lowest BCUT2D eigenvalue weighted by atomic mass is 10.0. The van der Waals surface area contributed by atoms with E-state index in [-0.39, 0.29) is 0 Å². The average molecular weight is 735 g/mol. The first-order chi connectivity index (χ1) is 27.7. The van der Waals surface area contributed by atoms with E-state index in [9.17, 15) is 0 Å². The lowest BCUT2D eigenvalue weighted by Crippen LogP contribution is -2.00. The van der Waals surface area contributed by atoms with Crippen LogP contribution in [0, 0.1) is 0 Å². The lowest BCUT2D eigenvalue weighted by molar-refractivity contribution is 0.623. The van der Waals surface area contributed by atoms with Crippen molar-refractivity contribution < 1.29 is 4.42 Å². The molecular weight excluding hydrogens is 705 g/mol. The van der Waals surface area contributed by atoms with Crippen LogP contribution in [0.4, 0.5) is 0 Å². The molecule has 11 aromatic rings. The summed E-state index contributed by atoms with van der Waals surface area (Å²) in [5.74, 6) is 2.47. The summed E-state index contributed by atoms with van der Waals surface area (Å²) in [6.45, 7) is 0. The number of fused-ring (bicyclic) bond motifs is 7. The summed E-state index contributed by atoms with van der Waals surface area (Å²) in [5.41, 5.74) is 9.94. The zero-order valence-corrected chi connectivity index (χ0v) is 30.7. The van der Waals surface area contributed by atoms with E-state index in [1.807, 2.05) is 48.5 Å². The van der Waals surface area contributed by atoms with Crippen molar-refractivity contribution in [2.24, 2.45) is 0 Å². The van der Waals surface area contributed by atoms with E-state index in [0.717, 1.165) is 77.2 Å². The minimum absolute atomic E-state index is 0.613. The molecule has 8 aromatic carbocycles. The Bertz CT molecular complexity index is 3110. The fourth-order valence-electron chi connectivity index (χ4n) is 7.55. The van der Waals surface area contributed by atoms with Crippen LogP contribution >= 0.6 is 11.3 Å². The van der Waals surface area contributed by atoms with Crippen LogP contribution in [-0.2, 0) is 0 Å². The number of rotatable bonds is 6. The van der Waals surface area contributed by atoms with Crippen molar-refractivity contribution in [3.8, 4) is 67.9 Å². The SMILES string of the molecule is c1ccc(-c2ccc(-c3nc(-c4ccc(-c5ccccc5)cc4)nc(-c4ccc5sc6ccc7ccc8nc(-c9ccccc9)oc8c7c6c5c4)n3)cc2)cc1. The molecule has 11 rings (SSSR count). The molecular formula is C50H30N4OS. The maximum absolute atomic E-state index is 6.57. The van der Waals surface area contributed by atoms with Crippen LogP contribution in [-0.4, -0.2) is 19.9 Å². The van der Waals surface area contributed by atoms with Gasteiger partial charge in [0.1, 0.15) is 5.52 Å². The van der Waals surface area contributed by atoms with Gasteiger partial charge in [-0.05, 0) is 70.1 Å². The van der Waals surface area contributed by atoms with E-state index in [1.54, 1.807) is 11.3 Å². The summed E-state index contributed by atoms with van der Waals surface area (Å²) >= 11 is 1.78. The van der Waals surface area contributed by atoms with Crippen LogP contribution in [0.15, 0.2) is 186 Å². The first-order valence-electron chi connectivity index (χ1n) is 18.5. The molecule has 6 heteroatoms. The molecule has 0 saturated carbocycles. The first-order valence-corrected chi connectivity index (χ1v) is 19.4. The minimum Gasteiger partial charge on any atom is -0.435 e. The molecule has 0 aliphatic heterocycles. The Balaban J connectivity index is 1.08. The third kappa shape index (κ3) is 5.63. The molecule has 0 N–H and O–H groups in total. The third-order valence-corrected chi connectivity index (χ3v) is 11.5. The van der Waals surface area contributed by atoms with Gasteiger partial charge in [-0.3, -0.25) is 0 Å². The molecule has 262 valence electrons. The van der Waals surface area contributed by atoms with Gasteiger partial charge in [0, 0.05) is 47.8 Å². The second kappa shape index (κ2) is 13.2. The van der Waals surface area contributed by atoms with Crippen molar-refractivity contribution in [2.75, 3.05) is 0 Å². The van der Waals surface area contributed by atoms with E-state index in [0.29, 0.717) is 23.4 Å². The molecule has 0 amide bonds. The van der Waals surface area contributed by atoms with Crippen molar-refractivity contribution in [3.63, 3.8) is 0 Å². The predicted molar refractivity (Wildman–Crippen MR) is 230 cm³/mol. The fraction of sp³-hybridized carbons (Fsp3) is 0. The number of hydrogen-bond donors (Lipinski definition) is 0. The summed E-state index contributed by atoms with van der Waals surface area (Å²) < 4.78 is 8.94. The van der Waals surface area contributed by atoms with Gasteiger partial charge in [-0.1, -0.05) is 140 Å². The van der Waals surface area contributed by atoms with Crippen LogP contribution in [0.5, 0.6) is 0 Å². The van der Waals surface area contributed by atoms with Gasteiger partial charge in [0.25, 0.3) is 0 Å². The molecule has 0 unspecified atom stereocenters. The van der Waals surface area contributed by atoms with E-state index in [1.165, 1.54) is 9.40 Å². The van der Waals surface area contributed by atoms with Crippen molar-refractivity contribution in [2.45, 2.75) is 0 Å². The van der Waals surface area contributed by atoms with Crippen LogP contribution < -0.4 is 0 Å². The number of aromatic nitrogens is 4. The van der Waals surface area contributed by atoms with Crippen molar-refractivity contribution in [3.05, 3.63) is 182 Å². The molecule has 0 spiro atoms.